The maximum atomic E-state index is 2.53. The van der Waals surface area contributed by atoms with Crippen molar-refractivity contribution in [2.24, 2.45) is 23.2 Å². The molecule has 3 unspecified atom stereocenters. The van der Waals surface area contributed by atoms with Gasteiger partial charge in [0.2, 0.25) is 0 Å². The lowest BCUT2D eigenvalue weighted by Crippen LogP contribution is -2.23. The molecule has 1 saturated carbocycles. The van der Waals surface area contributed by atoms with Crippen LogP contribution in [0.4, 0.5) is 0 Å². The summed E-state index contributed by atoms with van der Waals surface area (Å²) in [5.74, 6) is 2.43. The van der Waals surface area contributed by atoms with Crippen LogP contribution in [0.5, 0.6) is 0 Å². The summed E-state index contributed by atoms with van der Waals surface area (Å²) in [7, 11) is 0. The van der Waals surface area contributed by atoms with Crippen LogP contribution in [-0.4, -0.2) is 0 Å². The summed E-state index contributed by atoms with van der Waals surface area (Å²) < 4.78 is 0. The molecule has 73 valence electrons. The molecule has 13 heavy (non-hydrogen) atoms. The van der Waals surface area contributed by atoms with Crippen LogP contribution in [0.1, 0.15) is 40.0 Å². The number of hydrogen-bond acceptors (Lipinski definition) is 0. The van der Waals surface area contributed by atoms with Crippen molar-refractivity contribution in [1.82, 2.24) is 0 Å². The summed E-state index contributed by atoms with van der Waals surface area (Å²) in [6.07, 6.45) is 11.8. The van der Waals surface area contributed by atoms with Crippen LogP contribution in [-0.2, 0) is 0 Å². The monoisotopic (exact) mass is 177 g/mol. The fourth-order valence-corrected chi connectivity index (χ4v) is 3.12. The average Bonchev–Trinajstić information content (AvgIpc) is 2.62. The Hall–Kier alpha value is -0.260. The smallest absolute Gasteiger partial charge is 0.00839 e. The number of fused-ring (bicyclic) bond motifs is 2. The Morgan fingerprint density at radius 2 is 2.15 bits per heavy atom. The Morgan fingerprint density at radius 1 is 1.38 bits per heavy atom. The SMILES string of the molecule is CC(C)[CH]C(C)C12C=CC(CC1)C2. The second-order valence-electron chi connectivity index (χ2n) is 5.32. The second-order valence-corrected chi connectivity index (χ2v) is 5.32. The molecule has 0 nitrogen and oxygen atoms in total. The minimum absolute atomic E-state index is 0.564. The lowest BCUT2D eigenvalue weighted by molar-refractivity contribution is 0.277. The Bertz CT molecular complexity index is 214. The molecule has 2 aliphatic carbocycles. The predicted molar refractivity (Wildman–Crippen MR) is 57.2 cm³/mol. The number of hydrogen-bond donors (Lipinski definition) is 0. The van der Waals surface area contributed by atoms with Gasteiger partial charge in [0, 0.05) is 0 Å². The van der Waals surface area contributed by atoms with Crippen molar-refractivity contribution >= 4 is 0 Å². The van der Waals surface area contributed by atoms with Crippen LogP contribution in [0.3, 0.4) is 0 Å². The molecule has 0 saturated heterocycles. The van der Waals surface area contributed by atoms with E-state index in [1.54, 1.807) is 0 Å². The highest BCUT2D eigenvalue weighted by Gasteiger charge is 2.44. The molecule has 0 aliphatic heterocycles. The van der Waals surface area contributed by atoms with Crippen molar-refractivity contribution in [1.29, 1.82) is 0 Å². The van der Waals surface area contributed by atoms with Gasteiger partial charge in [-0.15, -0.1) is 0 Å². The lowest BCUT2D eigenvalue weighted by Gasteiger charge is -2.32. The zero-order chi connectivity index (χ0) is 9.47. The minimum atomic E-state index is 0.564. The van der Waals surface area contributed by atoms with E-state index in [1.165, 1.54) is 19.3 Å². The number of rotatable bonds is 3. The molecule has 2 rings (SSSR count). The zero-order valence-corrected chi connectivity index (χ0v) is 9.09. The molecular weight excluding hydrogens is 156 g/mol. The van der Waals surface area contributed by atoms with E-state index in [-0.39, 0.29) is 0 Å². The van der Waals surface area contributed by atoms with E-state index in [4.69, 9.17) is 0 Å². The number of allylic oxidation sites excluding steroid dienone is 2. The van der Waals surface area contributed by atoms with E-state index in [9.17, 15) is 0 Å². The summed E-state index contributed by atoms with van der Waals surface area (Å²) in [6, 6.07) is 0. The van der Waals surface area contributed by atoms with E-state index in [0.717, 1.165) is 17.8 Å². The van der Waals surface area contributed by atoms with Crippen molar-refractivity contribution < 1.29 is 0 Å². The molecule has 0 aromatic heterocycles. The summed E-state index contributed by atoms with van der Waals surface area (Å²) in [5, 5.41) is 0. The highest BCUT2D eigenvalue weighted by Crippen LogP contribution is 2.54. The Balaban J connectivity index is 2.03. The van der Waals surface area contributed by atoms with Gasteiger partial charge in [0.25, 0.3) is 0 Å². The van der Waals surface area contributed by atoms with Crippen LogP contribution in [0.25, 0.3) is 0 Å². The first kappa shape index (κ1) is 9.30. The van der Waals surface area contributed by atoms with Crippen molar-refractivity contribution in [3.05, 3.63) is 18.6 Å². The normalized spacial score (nSPS) is 38.9. The molecule has 3 atom stereocenters. The van der Waals surface area contributed by atoms with Crippen LogP contribution < -0.4 is 0 Å². The fourth-order valence-electron chi connectivity index (χ4n) is 3.12. The molecule has 0 aromatic carbocycles. The van der Waals surface area contributed by atoms with Gasteiger partial charge in [-0.1, -0.05) is 32.9 Å². The molecule has 2 bridgehead atoms. The molecular formula is C13H21. The first-order chi connectivity index (χ1) is 6.12. The molecule has 0 spiro atoms. The fraction of sp³-hybridized carbons (Fsp3) is 0.769. The van der Waals surface area contributed by atoms with Crippen molar-refractivity contribution in [3.8, 4) is 0 Å². The van der Waals surface area contributed by atoms with Gasteiger partial charge >= 0.3 is 0 Å². The highest BCUT2D eigenvalue weighted by atomic mass is 14.5. The summed E-state index contributed by atoms with van der Waals surface area (Å²) in [6.45, 7) is 6.98. The van der Waals surface area contributed by atoms with E-state index in [1.807, 2.05) is 0 Å². The third kappa shape index (κ3) is 1.56. The summed E-state index contributed by atoms with van der Waals surface area (Å²) >= 11 is 0. The first-order valence-electron chi connectivity index (χ1n) is 5.67. The largest absolute Gasteiger partial charge is 0.0848 e. The van der Waals surface area contributed by atoms with Gasteiger partial charge in [-0.05, 0) is 48.9 Å². The van der Waals surface area contributed by atoms with Crippen LogP contribution in [0.2, 0.25) is 0 Å². The minimum Gasteiger partial charge on any atom is -0.0848 e. The van der Waals surface area contributed by atoms with E-state index in [2.05, 4.69) is 39.3 Å². The van der Waals surface area contributed by atoms with E-state index in [0.29, 0.717) is 5.41 Å². The maximum absolute atomic E-state index is 2.53. The standard InChI is InChI=1S/C13H21/c1-10(2)8-11(3)13-6-4-12(9-13)5-7-13/h4,6,8,10-12H,5,7,9H2,1-3H3. The van der Waals surface area contributed by atoms with Crippen LogP contribution in [0, 0.1) is 29.6 Å². The molecule has 0 aromatic rings. The summed E-state index contributed by atoms with van der Waals surface area (Å²) in [4.78, 5) is 0. The van der Waals surface area contributed by atoms with Crippen LogP contribution in [0.15, 0.2) is 12.2 Å². The average molecular weight is 177 g/mol. The second kappa shape index (κ2) is 3.15. The summed E-state index contributed by atoms with van der Waals surface area (Å²) in [5.41, 5.74) is 0.564. The van der Waals surface area contributed by atoms with Gasteiger partial charge in [-0.25, -0.2) is 0 Å². The molecule has 0 heterocycles. The van der Waals surface area contributed by atoms with Gasteiger partial charge < -0.3 is 0 Å². The van der Waals surface area contributed by atoms with Crippen molar-refractivity contribution in [2.75, 3.05) is 0 Å². The molecule has 0 heteroatoms. The molecule has 2 aliphatic rings. The highest BCUT2D eigenvalue weighted by molar-refractivity contribution is 5.18. The zero-order valence-electron chi connectivity index (χ0n) is 9.09. The first-order valence-corrected chi connectivity index (χ1v) is 5.67. The van der Waals surface area contributed by atoms with Gasteiger partial charge in [0.1, 0.15) is 0 Å². The third-order valence-electron chi connectivity index (χ3n) is 3.90. The quantitative estimate of drug-likeness (QED) is 0.575. The van der Waals surface area contributed by atoms with Gasteiger partial charge in [0.05, 0.1) is 0 Å². The van der Waals surface area contributed by atoms with Crippen molar-refractivity contribution in [3.63, 3.8) is 0 Å². The van der Waals surface area contributed by atoms with E-state index >= 15 is 0 Å². The third-order valence-corrected chi connectivity index (χ3v) is 3.90. The van der Waals surface area contributed by atoms with Crippen LogP contribution >= 0.6 is 0 Å². The maximum Gasteiger partial charge on any atom is -0.00839 e. The van der Waals surface area contributed by atoms with Gasteiger partial charge in [-0.3, -0.25) is 0 Å². The van der Waals surface area contributed by atoms with Gasteiger partial charge in [-0.2, -0.15) is 0 Å². The molecule has 1 fully saturated rings. The molecule has 0 amide bonds. The Morgan fingerprint density at radius 3 is 2.54 bits per heavy atom. The van der Waals surface area contributed by atoms with E-state index < -0.39 is 0 Å². The predicted octanol–water partition coefficient (Wildman–Crippen LogP) is 3.84. The molecule has 1 radical (unpaired) electrons. The van der Waals surface area contributed by atoms with Gasteiger partial charge in [0.15, 0.2) is 0 Å². The molecule has 0 N–H and O–H groups in total. The topological polar surface area (TPSA) is 0 Å². The lowest BCUT2D eigenvalue weighted by atomic mass is 9.73. The van der Waals surface area contributed by atoms with Crippen molar-refractivity contribution in [2.45, 2.75) is 40.0 Å². The Kier molecular flexibility index (Phi) is 2.25. The Labute approximate surface area is 82.4 Å².